The molecule has 0 saturated carbocycles. The number of hydrogen-bond donors (Lipinski definition) is 4. The van der Waals surface area contributed by atoms with Crippen LogP contribution in [0.5, 0.6) is 46.0 Å². The van der Waals surface area contributed by atoms with Crippen LogP contribution in [0.15, 0.2) is 170 Å². The Morgan fingerprint density at radius 2 is 0.369 bits per heavy atom. The normalized spacial score (nSPS) is 11.8. The Labute approximate surface area is 492 Å². The second kappa shape index (κ2) is 32.2. The van der Waals surface area contributed by atoms with Crippen LogP contribution in [0.4, 0.5) is 22.7 Å². The highest BCUT2D eigenvalue weighted by molar-refractivity contribution is 5.56. The van der Waals surface area contributed by atoms with Crippen molar-refractivity contribution in [1.82, 2.24) is 0 Å². The van der Waals surface area contributed by atoms with Crippen LogP contribution in [0.2, 0.25) is 0 Å². The molecule has 8 aromatic rings. The predicted molar refractivity (Wildman–Crippen MR) is 328 cm³/mol. The number of nitrogen functional groups attached to an aromatic ring is 4. The second-order valence-corrected chi connectivity index (χ2v) is 19.8. The van der Waals surface area contributed by atoms with Crippen molar-refractivity contribution >= 4 is 22.7 Å². The lowest BCUT2D eigenvalue weighted by Gasteiger charge is -2.23. The van der Waals surface area contributed by atoms with E-state index in [1.54, 1.807) is 0 Å². The van der Waals surface area contributed by atoms with E-state index in [0.29, 0.717) is 154 Å². The molecule has 0 amide bonds. The molecule has 0 aliphatic heterocycles. The van der Waals surface area contributed by atoms with Crippen molar-refractivity contribution in [1.29, 1.82) is 0 Å². The molecule has 1 aliphatic rings. The van der Waals surface area contributed by atoms with Crippen molar-refractivity contribution in [2.75, 3.05) is 129 Å². The van der Waals surface area contributed by atoms with Crippen molar-refractivity contribution in [3.8, 4) is 46.0 Å². The third-order valence-electron chi connectivity index (χ3n) is 13.6. The minimum Gasteiger partial charge on any atom is -0.491 e. The van der Waals surface area contributed by atoms with Crippen molar-refractivity contribution in [2.24, 2.45) is 0 Å². The molecule has 0 saturated heterocycles. The summed E-state index contributed by atoms with van der Waals surface area (Å²) in [5, 5.41) is 0. The van der Waals surface area contributed by atoms with Gasteiger partial charge in [0.25, 0.3) is 0 Å². The van der Waals surface area contributed by atoms with Crippen LogP contribution in [0, 0.1) is 0 Å². The maximum absolute atomic E-state index is 6.83. The zero-order chi connectivity index (χ0) is 58.0. The molecule has 0 radical (unpaired) electrons. The van der Waals surface area contributed by atoms with Crippen LogP contribution in [-0.2, 0) is 44.6 Å². The van der Waals surface area contributed by atoms with E-state index in [-0.39, 0.29) is 0 Å². The monoisotopic (exact) mass is 1140 g/mol. The molecule has 8 bridgehead atoms. The summed E-state index contributed by atoms with van der Waals surface area (Å²) in [4.78, 5) is 0. The van der Waals surface area contributed by atoms with Gasteiger partial charge in [-0.15, -0.1) is 0 Å². The zero-order valence-corrected chi connectivity index (χ0v) is 47.5. The van der Waals surface area contributed by atoms with Gasteiger partial charge in [0.1, 0.15) is 98.9 Å². The average Bonchev–Trinajstić information content (AvgIpc) is 3.68. The Bertz CT molecular complexity index is 2740. The quantitative estimate of drug-likeness (QED) is 0.0228. The van der Waals surface area contributed by atoms with Gasteiger partial charge in [0, 0.05) is 48.4 Å². The van der Waals surface area contributed by atoms with Crippen LogP contribution >= 0.6 is 0 Å². The van der Waals surface area contributed by atoms with Gasteiger partial charge in [-0.05, 0) is 142 Å². The van der Waals surface area contributed by atoms with Gasteiger partial charge in [-0.25, -0.2) is 0 Å². The third-order valence-corrected chi connectivity index (χ3v) is 13.6. The number of ether oxygens (including phenoxy) is 12. The van der Waals surface area contributed by atoms with E-state index >= 15 is 0 Å². The molecule has 9 rings (SSSR count). The number of fused-ring (bicyclic) bond motifs is 8. The first kappa shape index (κ1) is 59.8. The van der Waals surface area contributed by atoms with Crippen LogP contribution in [0.3, 0.4) is 0 Å². The molecule has 0 aromatic heterocycles. The van der Waals surface area contributed by atoms with Gasteiger partial charge in [-0.2, -0.15) is 0 Å². The number of para-hydroxylation sites is 4. The van der Waals surface area contributed by atoms with Crippen molar-refractivity contribution < 1.29 is 56.8 Å². The summed E-state index contributed by atoms with van der Waals surface area (Å²) in [5.74, 6) is 5.99. The van der Waals surface area contributed by atoms with Gasteiger partial charge in [0.2, 0.25) is 0 Å². The first-order valence-corrected chi connectivity index (χ1v) is 28.5. The molecule has 1 aliphatic carbocycles. The fourth-order valence-electron chi connectivity index (χ4n) is 9.58. The molecule has 0 fully saturated rings. The molecular formula is C68H76N4O12. The van der Waals surface area contributed by atoms with Crippen molar-refractivity contribution in [3.05, 3.63) is 214 Å². The number of hydrogen-bond acceptors (Lipinski definition) is 16. The van der Waals surface area contributed by atoms with Gasteiger partial charge in [-0.1, -0.05) is 72.8 Å². The fraction of sp³-hybridized carbons (Fsp3) is 0.294. The molecule has 8 aromatic carbocycles. The lowest BCUT2D eigenvalue weighted by molar-refractivity contribution is 0.0754. The molecule has 0 spiro atoms. The molecule has 8 N–H and O–H groups in total. The smallest absolute Gasteiger partial charge is 0.126 e. The average molecular weight is 1140 g/mol. The minimum absolute atomic E-state index is 0.303. The van der Waals surface area contributed by atoms with Gasteiger partial charge >= 0.3 is 0 Å². The Kier molecular flexibility index (Phi) is 22.9. The highest BCUT2D eigenvalue weighted by atomic mass is 16.6. The summed E-state index contributed by atoms with van der Waals surface area (Å²) in [6.45, 7) is 5.62. The van der Waals surface area contributed by atoms with Gasteiger partial charge in [0.05, 0.1) is 52.9 Å². The van der Waals surface area contributed by atoms with Gasteiger partial charge in [-0.3, -0.25) is 0 Å². The van der Waals surface area contributed by atoms with Crippen LogP contribution in [0.1, 0.15) is 44.5 Å². The first-order valence-electron chi connectivity index (χ1n) is 28.5. The minimum atomic E-state index is 0.303. The molecule has 0 heterocycles. The molecule has 16 heteroatoms. The Hall–Kier alpha value is -8.80. The van der Waals surface area contributed by atoms with Gasteiger partial charge in [0.15, 0.2) is 0 Å². The molecule has 0 atom stereocenters. The summed E-state index contributed by atoms with van der Waals surface area (Å²) >= 11 is 0. The molecule has 440 valence electrons. The van der Waals surface area contributed by atoms with Crippen LogP contribution in [0.25, 0.3) is 0 Å². The summed E-state index contributed by atoms with van der Waals surface area (Å²) in [7, 11) is 0. The maximum atomic E-state index is 6.83. The lowest BCUT2D eigenvalue weighted by atomic mass is 9.91. The van der Waals surface area contributed by atoms with Crippen molar-refractivity contribution in [2.45, 2.75) is 25.7 Å². The Morgan fingerprint density at radius 1 is 0.202 bits per heavy atom. The van der Waals surface area contributed by atoms with E-state index in [9.17, 15) is 0 Å². The van der Waals surface area contributed by atoms with E-state index in [2.05, 4.69) is 72.8 Å². The number of rotatable bonds is 32. The number of benzene rings is 8. The van der Waals surface area contributed by atoms with Crippen LogP contribution in [-0.4, -0.2) is 106 Å². The molecular weight excluding hydrogens is 1060 g/mol. The van der Waals surface area contributed by atoms with E-state index < -0.39 is 0 Å². The highest BCUT2D eigenvalue weighted by Gasteiger charge is 2.22. The predicted octanol–water partition coefficient (Wildman–Crippen LogP) is 10.6. The first-order chi connectivity index (χ1) is 41.3. The summed E-state index contributed by atoms with van der Waals surface area (Å²) in [6.07, 6.45) is 2.02. The molecule has 16 nitrogen and oxygen atoms in total. The number of nitrogens with two attached hydrogens (primary N) is 4. The third kappa shape index (κ3) is 18.6. The van der Waals surface area contributed by atoms with Crippen LogP contribution < -0.4 is 60.8 Å². The zero-order valence-electron chi connectivity index (χ0n) is 47.5. The van der Waals surface area contributed by atoms with E-state index in [1.165, 1.54) is 0 Å². The Balaban J connectivity index is 0.972. The number of anilines is 4. The fourth-order valence-corrected chi connectivity index (χ4v) is 9.58. The second-order valence-electron chi connectivity index (χ2n) is 19.8. The van der Waals surface area contributed by atoms with Gasteiger partial charge < -0.3 is 79.8 Å². The van der Waals surface area contributed by atoms with E-state index in [4.69, 9.17) is 79.8 Å². The highest BCUT2D eigenvalue weighted by Crippen LogP contribution is 2.39. The maximum Gasteiger partial charge on any atom is 0.126 e. The molecule has 0 unspecified atom stereocenters. The van der Waals surface area contributed by atoms with Crippen molar-refractivity contribution in [3.63, 3.8) is 0 Å². The summed E-state index contributed by atoms with van der Waals surface area (Å²) in [6, 6.07) is 54.5. The SMILES string of the molecule is Nc1ccc(OCCOCCOc2c3cccc2Cc2cccc(c2OCCOCCOc2ccc(N)cc2)Cc2cccc(c2OCCOCCOc2ccc(N)cc2)Cc2cccc(c2OCCOCCOc2ccc(N)cc2)C3)cc1. The van der Waals surface area contributed by atoms with E-state index in [0.717, 1.165) is 90.5 Å². The van der Waals surface area contributed by atoms with E-state index in [1.807, 2.05) is 97.1 Å². The lowest BCUT2D eigenvalue weighted by Crippen LogP contribution is -2.15. The largest absolute Gasteiger partial charge is 0.491 e. The standard InChI is InChI=1S/C68H76N4O12/c69-57-13-21-61(22-14-57)77-37-29-73-33-41-81-65-49-5-1-6-50(65)46-52-8-3-10-54(67(52)83-43-35-75-31-39-79-63-25-17-59(71)18-26-63)48-56-12-4-11-55(68(56)84-44-36-76-32-40-80-64-27-19-60(72)20-28-64)47-53-9-2-7-51(45-49)66(53)82-42-34-74-30-38-78-62-23-15-58(70)16-24-62/h1-28H,29-48,69-72H2. The topological polar surface area (TPSA) is 215 Å². The summed E-state index contributed by atoms with van der Waals surface area (Å²) < 4.78 is 75.1. The summed E-state index contributed by atoms with van der Waals surface area (Å²) in [5.41, 5.74) is 34.1. The Morgan fingerprint density at radius 3 is 0.548 bits per heavy atom. The molecule has 84 heavy (non-hydrogen) atoms.